The topological polar surface area (TPSA) is 127 Å². The second-order valence-corrected chi connectivity index (χ2v) is 14.9. The molecule has 232 valence electrons. The Kier molecular flexibility index (Phi) is 7.68. The van der Waals surface area contributed by atoms with Crippen LogP contribution in [0, 0.1) is 39.4 Å². The molecule has 0 aromatic heterocycles. The Morgan fingerprint density at radius 1 is 1.10 bits per heavy atom. The van der Waals surface area contributed by atoms with Gasteiger partial charge in [-0.1, -0.05) is 32.4 Å². The molecule has 8 nitrogen and oxygen atoms in total. The number of aliphatic hydroxyl groups excluding tert-OH is 1. The Hall–Kier alpha value is -2.58. The molecule has 2 N–H and O–H groups in total. The van der Waals surface area contributed by atoms with Crippen LogP contribution in [0.3, 0.4) is 0 Å². The number of aliphatic hydroxyl groups is 2. The van der Waals surface area contributed by atoms with E-state index in [2.05, 4.69) is 13.0 Å². The summed E-state index contributed by atoms with van der Waals surface area (Å²) in [5.41, 5.74) is -5.33. The highest BCUT2D eigenvalue weighted by Gasteiger charge is 2.74. The second-order valence-electron chi connectivity index (χ2n) is 14.9. The van der Waals surface area contributed by atoms with Crippen LogP contribution in [0.15, 0.2) is 35.6 Å². The molecule has 4 aliphatic rings. The lowest BCUT2D eigenvalue weighted by Crippen LogP contribution is -2.64. The number of ketones is 3. The van der Waals surface area contributed by atoms with E-state index in [0.29, 0.717) is 25.2 Å². The number of hydrogen-bond acceptors (Lipinski definition) is 8. The standard InChI is InChI=1S/C34H48O8/c1-11-41-23-16-21-20(30(5,6)28(23)39)12-13-24-31(7)17-22(36)27(32(31,8)18-26(38)33(21,24)9)34(10,40)25(37)14-15-29(3,4)42-19(2)35/h12,14-16,21-22,24,27,36,40H,11,13,17-18H2,1-10H3/b15-14+/t21-,22-,24+,27+,31+,32-,33+,34+/m1/s1. The van der Waals surface area contributed by atoms with Crippen LogP contribution in [-0.4, -0.2) is 57.4 Å². The van der Waals surface area contributed by atoms with Gasteiger partial charge in [-0.05, 0) is 89.4 Å². The van der Waals surface area contributed by atoms with Crippen molar-refractivity contribution >= 4 is 23.3 Å². The first kappa shape index (κ1) is 32.3. The van der Waals surface area contributed by atoms with Gasteiger partial charge in [0.25, 0.3) is 0 Å². The number of allylic oxidation sites excluding steroid dienone is 4. The number of carbonyl (C=O) groups is 4. The summed E-state index contributed by atoms with van der Waals surface area (Å²) in [4.78, 5) is 52.8. The molecule has 2 saturated carbocycles. The molecule has 4 rings (SSSR count). The van der Waals surface area contributed by atoms with Gasteiger partial charge in [0.2, 0.25) is 5.78 Å². The van der Waals surface area contributed by atoms with Crippen LogP contribution < -0.4 is 0 Å². The molecule has 0 radical (unpaired) electrons. The summed E-state index contributed by atoms with van der Waals surface area (Å²) in [7, 11) is 0. The Labute approximate surface area is 249 Å². The van der Waals surface area contributed by atoms with Crippen molar-refractivity contribution < 1.29 is 38.9 Å². The van der Waals surface area contributed by atoms with E-state index in [1.54, 1.807) is 13.8 Å². The van der Waals surface area contributed by atoms with Crippen LogP contribution in [-0.2, 0) is 28.7 Å². The highest BCUT2D eigenvalue weighted by molar-refractivity contribution is 6.02. The molecule has 0 bridgehead atoms. The molecule has 42 heavy (non-hydrogen) atoms. The number of fused-ring (bicyclic) bond motifs is 5. The van der Waals surface area contributed by atoms with Gasteiger partial charge in [0.15, 0.2) is 11.5 Å². The Balaban J connectivity index is 1.77. The first-order valence-corrected chi connectivity index (χ1v) is 15.1. The van der Waals surface area contributed by atoms with Gasteiger partial charge in [0, 0.05) is 30.6 Å². The largest absolute Gasteiger partial charge is 0.490 e. The Morgan fingerprint density at radius 3 is 2.29 bits per heavy atom. The number of rotatable bonds is 7. The fraction of sp³-hybridized carbons (Fsp3) is 0.706. The first-order chi connectivity index (χ1) is 19.1. The number of hydrogen-bond donors (Lipinski definition) is 2. The second kappa shape index (κ2) is 9.98. The molecule has 2 fully saturated rings. The fourth-order valence-electron chi connectivity index (χ4n) is 9.23. The summed E-state index contributed by atoms with van der Waals surface area (Å²) in [6, 6.07) is 0. The average Bonchev–Trinajstić information content (AvgIpc) is 3.05. The summed E-state index contributed by atoms with van der Waals surface area (Å²) >= 11 is 0. The molecular weight excluding hydrogens is 536 g/mol. The van der Waals surface area contributed by atoms with Crippen LogP contribution in [0.2, 0.25) is 0 Å². The fourth-order valence-corrected chi connectivity index (χ4v) is 9.23. The van der Waals surface area contributed by atoms with Crippen LogP contribution in [0.1, 0.15) is 88.5 Å². The minimum absolute atomic E-state index is 0.00537. The van der Waals surface area contributed by atoms with Crippen LogP contribution in [0.5, 0.6) is 0 Å². The number of esters is 1. The van der Waals surface area contributed by atoms with Crippen molar-refractivity contribution in [1.29, 1.82) is 0 Å². The third kappa shape index (κ3) is 4.47. The van der Waals surface area contributed by atoms with Crippen molar-refractivity contribution in [1.82, 2.24) is 0 Å². The maximum Gasteiger partial charge on any atom is 0.303 e. The smallest absolute Gasteiger partial charge is 0.303 e. The molecule has 0 unspecified atom stereocenters. The van der Waals surface area contributed by atoms with Crippen molar-refractivity contribution in [2.75, 3.05) is 6.61 Å². The zero-order valence-corrected chi connectivity index (χ0v) is 26.8. The molecule has 8 heteroatoms. The van der Waals surface area contributed by atoms with E-state index < -0.39 is 56.6 Å². The minimum Gasteiger partial charge on any atom is -0.490 e. The van der Waals surface area contributed by atoms with Gasteiger partial charge in [-0.25, -0.2) is 0 Å². The normalized spacial score (nSPS) is 39.0. The quantitative estimate of drug-likeness (QED) is 0.251. The molecule has 4 aliphatic carbocycles. The van der Waals surface area contributed by atoms with E-state index in [9.17, 15) is 29.4 Å². The third-order valence-corrected chi connectivity index (χ3v) is 11.5. The van der Waals surface area contributed by atoms with E-state index in [1.165, 1.54) is 26.0 Å². The summed E-state index contributed by atoms with van der Waals surface area (Å²) < 4.78 is 11.0. The van der Waals surface area contributed by atoms with E-state index in [1.807, 2.05) is 40.7 Å². The van der Waals surface area contributed by atoms with E-state index in [4.69, 9.17) is 9.47 Å². The van der Waals surface area contributed by atoms with Crippen molar-refractivity contribution in [2.45, 2.75) is 106 Å². The van der Waals surface area contributed by atoms with Crippen molar-refractivity contribution in [2.24, 2.45) is 39.4 Å². The predicted octanol–water partition coefficient (Wildman–Crippen LogP) is 4.67. The highest BCUT2D eigenvalue weighted by atomic mass is 16.6. The SMILES string of the molecule is CCOC1=C[C@@H]2C(=CC[C@@H]3[C@@]2(C)C(=O)C[C@]2(C)[C@@H]([C@@](C)(O)C(=O)/C=C/C(C)(C)OC(C)=O)[C@H](O)C[C@@]32C)C(C)(C)C1=O. The van der Waals surface area contributed by atoms with Crippen molar-refractivity contribution in [3.8, 4) is 0 Å². The van der Waals surface area contributed by atoms with Crippen molar-refractivity contribution in [3.63, 3.8) is 0 Å². The van der Waals surface area contributed by atoms with Gasteiger partial charge >= 0.3 is 5.97 Å². The van der Waals surface area contributed by atoms with Crippen molar-refractivity contribution in [3.05, 3.63) is 35.6 Å². The minimum atomic E-state index is -1.99. The number of Topliss-reactive ketones (excluding diaryl/α,β-unsaturated/α-hetero) is 2. The van der Waals surface area contributed by atoms with Gasteiger partial charge in [-0.15, -0.1) is 0 Å². The van der Waals surface area contributed by atoms with E-state index in [0.717, 1.165) is 5.57 Å². The summed E-state index contributed by atoms with van der Waals surface area (Å²) in [5.74, 6) is -2.40. The average molecular weight is 585 g/mol. The number of ether oxygens (including phenoxy) is 2. The monoisotopic (exact) mass is 584 g/mol. The first-order valence-electron chi connectivity index (χ1n) is 15.1. The van der Waals surface area contributed by atoms with Gasteiger partial charge in [-0.2, -0.15) is 0 Å². The molecule has 0 aliphatic heterocycles. The van der Waals surface area contributed by atoms with E-state index in [-0.39, 0.29) is 29.8 Å². The van der Waals surface area contributed by atoms with Crippen LogP contribution in [0.25, 0.3) is 0 Å². The van der Waals surface area contributed by atoms with Gasteiger partial charge in [-0.3, -0.25) is 19.2 Å². The lowest BCUT2D eigenvalue weighted by atomic mass is 9.39. The lowest BCUT2D eigenvalue weighted by Gasteiger charge is -2.63. The summed E-state index contributed by atoms with van der Waals surface area (Å²) in [5, 5.41) is 23.4. The molecule has 8 atom stereocenters. The zero-order valence-electron chi connectivity index (χ0n) is 26.8. The molecule has 0 heterocycles. The Bertz CT molecular complexity index is 1300. The maximum absolute atomic E-state index is 14.5. The number of carbonyl (C=O) groups excluding carboxylic acids is 4. The van der Waals surface area contributed by atoms with Gasteiger partial charge < -0.3 is 19.7 Å². The molecular formula is C34H48O8. The molecule has 0 saturated heterocycles. The highest BCUT2D eigenvalue weighted by Crippen LogP contribution is 2.73. The van der Waals surface area contributed by atoms with Gasteiger partial charge in [0.05, 0.1) is 18.1 Å². The van der Waals surface area contributed by atoms with Gasteiger partial charge in [0.1, 0.15) is 17.0 Å². The zero-order chi connectivity index (χ0) is 31.8. The summed E-state index contributed by atoms with van der Waals surface area (Å²) in [6.07, 6.45) is 6.46. The Morgan fingerprint density at radius 2 is 1.71 bits per heavy atom. The van der Waals surface area contributed by atoms with Crippen LogP contribution >= 0.6 is 0 Å². The third-order valence-electron chi connectivity index (χ3n) is 11.5. The predicted molar refractivity (Wildman–Crippen MR) is 157 cm³/mol. The molecule has 0 aromatic carbocycles. The lowest BCUT2D eigenvalue weighted by molar-refractivity contribution is -0.179. The maximum atomic E-state index is 14.5. The van der Waals surface area contributed by atoms with Crippen LogP contribution in [0.4, 0.5) is 0 Å². The molecule has 0 spiro atoms. The summed E-state index contributed by atoms with van der Waals surface area (Å²) in [6.45, 7) is 17.9. The molecule has 0 aromatic rings. The van der Waals surface area contributed by atoms with E-state index >= 15 is 0 Å². The molecule has 0 amide bonds.